The second-order valence-corrected chi connectivity index (χ2v) is 5.74. The van der Waals surface area contributed by atoms with Crippen LogP contribution in [0.1, 0.15) is 17.1 Å². The maximum Gasteiger partial charge on any atom is 0.246 e. The molecule has 0 aliphatic rings. The summed E-state index contributed by atoms with van der Waals surface area (Å²) in [5.41, 5.74) is 0.318. The van der Waals surface area contributed by atoms with Crippen molar-refractivity contribution in [3.8, 4) is 0 Å². The summed E-state index contributed by atoms with van der Waals surface area (Å²) in [5, 5.41) is 9.22. The first-order valence-electron chi connectivity index (χ1n) is 5.13. The molecule has 0 radical (unpaired) electrons. The van der Waals surface area contributed by atoms with Crippen molar-refractivity contribution in [1.29, 1.82) is 0 Å². The lowest BCUT2D eigenvalue weighted by molar-refractivity contribution is 0.276. The number of hydrogen-bond acceptors (Lipinski definition) is 4. The number of furan rings is 1. The molecule has 1 rings (SSSR count). The lowest BCUT2D eigenvalue weighted by Crippen LogP contribution is -2.28. The minimum absolute atomic E-state index is 0.0573. The number of nitrogens with zero attached hydrogens (tertiary/aromatic N) is 1. The van der Waals surface area contributed by atoms with Crippen molar-refractivity contribution < 1.29 is 17.9 Å². The van der Waals surface area contributed by atoms with Crippen LogP contribution in [0.25, 0.3) is 0 Å². The number of rotatable bonds is 5. The first-order valence-corrected chi connectivity index (χ1v) is 6.57. The quantitative estimate of drug-likeness (QED) is 0.806. The van der Waals surface area contributed by atoms with Gasteiger partial charge in [-0.3, -0.25) is 0 Å². The second-order valence-electron chi connectivity index (χ2n) is 3.75. The van der Waals surface area contributed by atoms with Crippen molar-refractivity contribution in [1.82, 2.24) is 4.31 Å². The van der Waals surface area contributed by atoms with Gasteiger partial charge >= 0.3 is 0 Å². The third-order valence-electron chi connectivity index (χ3n) is 2.54. The minimum atomic E-state index is -3.65. The number of aliphatic hydroxyl groups is 1. The predicted octanol–water partition coefficient (Wildman–Crippen LogP) is 1.20. The Morgan fingerprint density at radius 2 is 2.00 bits per heavy atom. The van der Waals surface area contributed by atoms with E-state index in [-0.39, 0.29) is 18.0 Å². The molecule has 1 aromatic heterocycles. The van der Waals surface area contributed by atoms with E-state index in [1.165, 1.54) is 13.1 Å². The van der Waals surface area contributed by atoms with Crippen molar-refractivity contribution in [3.63, 3.8) is 0 Å². The molecular weight excluding hydrogens is 242 g/mol. The van der Waals surface area contributed by atoms with Crippen LogP contribution in [0.4, 0.5) is 0 Å². The van der Waals surface area contributed by atoms with Crippen LogP contribution in [0.15, 0.2) is 22.0 Å². The predicted molar refractivity (Wildman–Crippen MR) is 64.1 cm³/mol. The Labute approximate surface area is 101 Å². The maximum absolute atomic E-state index is 12.2. The Balaban J connectivity index is 3.37. The van der Waals surface area contributed by atoms with E-state index in [0.29, 0.717) is 17.1 Å². The van der Waals surface area contributed by atoms with E-state index in [4.69, 9.17) is 4.42 Å². The summed E-state index contributed by atoms with van der Waals surface area (Å²) >= 11 is 0. The molecule has 0 fully saturated rings. The van der Waals surface area contributed by atoms with Gasteiger partial charge in [-0.15, -0.1) is 6.58 Å². The van der Waals surface area contributed by atoms with Gasteiger partial charge < -0.3 is 9.52 Å². The highest BCUT2D eigenvalue weighted by Crippen LogP contribution is 2.28. The normalized spacial score (nSPS) is 12.1. The molecule has 0 aromatic carbocycles. The molecule has 0 bridgehead atoms. The molecule has 1 heterocycles. The largest absolute Gasteiger partial charge is 0.465 e. The minimum Gasteiger partial charge on any atom is -0.465 e. The molecule has 0 unspecified atom stereocenters. The van der Waals surface area contributed by atoms with E-state index in [2.05, 4.69) is 6.58 Å². The van der Waals surface area contributed by atoms with Gasteiger partial charge in [-0.1, -0.05) is 6.08 Å². The smallest absolute Gasteiger partial charge is 0.246 e. The number of hydrogen-bond donors (Lipinski definition) is 1. The molecule has 0 amide bonds. The van der Waals surface area contributed by atoms with Crippen molar-refractivity contribution >= 4 is 10.0 Å². The molecule has 5 nitrogen and oxygen atoms in total. The van der Waals surface area contributed by atoms with Gasteiger partial charge in [-0.2, -0.15) is 4.31 Å². The fourth-order valence-corrected chi connectivity index (χ4v) is 3.20. The molecule has 1 aromatic rings. The lowest BCUT2D eigenvalue weighted by atomic mass is 10.2. The highest BCUT2D eigenvalue weighted by atomic mass is 32.2. The van der Waals surface area contributed by atoms with Crippen LogP contribution in [0.2, 0.25) is 0 Å². The third kappa shape index (κ3) is 2.43. The molecule has 6 heteroatoms. The Hall–Kier alpha value is -1.11. The van der Waals surface area contributed by atoms with Crippen LogP contribution in [-0.2, 0) is 16.6 Å². The van der Waals surface area contributed by atoms with E-state index in [1.54, 1.807) is 13.8 Å². The molecule has 1 N–H and O–H groups in total. The van der Waals surface area contributed by atoms with Crippen LogP contribution in [0.3, 0.4) is 0 Å². The zero-order chi connectivity index (χ0) is 13.2. The summed E-state index contributed by atoms with van der Waals surface area (Å²) in [4.78, 5) is 0.0573. The standard InChI is InChI=1S/C11H17NO4S/c1-5-6-12(4)17(14,15)11-9(3)16-8(2)10(11)7-13/h5,13H,1,6-7H2,2-4H3. The van der Waals surface area contributed by atoms with Gasteiger partial charge in [0.1, 0.15) is 16.4 Å². The summed E-state index contributed by atoms with van der Waals surface area (Å²) in [7, 11) is -2.19. The average molecular weight is 259 g/mol. The van der Waals surface area contributed by atoms with Crippen molar-refractivity contribution in [2.75, 3.05) is 13.6 Å². The van der Waals surface area contributed by atoms with Gasteiger partial charge in [0.15, 0.2) is 0 Å². The lowest BCUT2D eigenvalue weighted by Gasteiger charge is -2.15. The Kier molecular flexibility index (Phi) is 4.13. The Bertz CT molecular complexity index is 516. The summed E-state index contributed by atoms with van der Waals surface area (Å²) in [5.74, 6) is 0.720. The summed E-state index contributed by atoms with van der Waals surface area (Å²) in [6, 6.07) is 0. The van der Waals surface area contributed by atoms with Gasteiger partial charge in [0.2, 0.25) is 10.0 Å². The van der Waals surface area contributed by atoms with E-state index in [1.807, 2.05) is 0 Å². The van der Waals surface area contributed by atoms with Crippen LogP contribution >= 0.6 is 0 Å². The number of likely N-dealkylation sites (N-methyl/N-ethyl adjacent to an activating group) is 1. The Morgan fingerprint density at radius 1 is 1.41 bits per heavy atom. The molecule has 0 spiro atoms. The van der Waals surface area contributed by atoms with Crippen molar-refractivity contribution in [2.45, 2.75) is 25.3 Å². The van der Waals surface area contributed by atoms with E-state index >= 15 is 0 Å². The first-order chi connectivity index (χ1) is 7.86. The summed E-state index contributed by atoms with van der Waals surface area (Å²) in [6.07, 6.45) is 1.50. The van der Waals surface area contributed by atoms with Gasteiger partial charge in [-0.25, -0.2) is 8.42 Å². The molecule has 0 aliphatic heterocycles. The summed E-state index contributed by atoms with van der Waals surface area (Å²) < 4.78 is 30.9. The molecule has 0 saturated carbocycles. The van der Waals surface area contributed by atoms with E-state index in [0.717, 1.165) is 4.31 Å². The number of aliphatic hydroxyl groups excluding tert-OH is 1. The highest BCUT2D eigenvalue weighted by Gasteiger charge is 2.29. The zero-order valence-electron chi connectivity index (χ0n) is 10.2. The number of aryl methyl sites for hydroxylation is 2. The fraction of sp³-hybridized carbons (Fsp3) is 0.455. The van der Waals surface area contributed by atoms with E-state index < -0.39 is 10.0 Å². The van der Waals surface area contributed by atoms with Crippen LogP contribution < -0.4 is 0 Å². The summed E-state index contributed by atoms with van der Waals surface area (Å²) in [6.45, 7) is 6.54. The second kappa shape index (κ2) is 5.03. The zero-order valence-corrected chi connectivity index (χ0v) is 11.0. The molecule has 0 aliphatic carbocycles. The van der Waals surface area contributed by atoms with Gasteiger partial charge in [-0.05, 0) is 13.8 Å². The monoisotopic (exact) mass is 259 g/mol. The van der Waals surface area contributed by atoms with Gasteiger partial charge in [0.25, 0.3) is 0 Å². The first kappa shape index (κ1) is 14.0. The van der Waals surface area contributed by atoms with Crippen LogP contribution in [-0.4, -0.2) is 31.4 Å². The molecule has 17 heavy (non-hydrogen) atoms. The van der Waals surface area contributed by atoms with E-state index in [9.17, 15) is 13.5 Å². The maximum atomic E-state index is 12.2. The topological polar surface area (TPSA) is 70.8 Å². The number of sulfonamides is 1. The third-order valence-corrected chi connectivity index (χ3v) is 4.56. The fourth-order valence-electron chi connectivity index (χ4n) is 1.67. The average Bonchev–Trinajstić information content (AvgIpc) is 2.53. The molecule has 0 atom stereocenters. The Morgan fingerprint density at radius 3 is 2.47 bits per heavy atom. The molecule has 96 valence electrons. The van der Waals surface area contributed by atoms with Crippen LogP contribution in [0, 0.1) is 13.8 Å². The van der Waals surface area contributed by atoms with Gasteiger partial charge in [0, 0.05) is 19.2 Å². The van der Waals surface area contributed by atoms with Gasteiger partial charge in [0.05, 0.1) is 6.61 Å². The SMILES string of the molecule is C=CCN(C)S(=O)(=O)c1c(C)oc(C)c1CO. The molecule has 0 saturated heterocycles. The highest BCUT2D eigenvalue weighted by molar-refractivity contribution is 7.89. The van der Waals surface area contributed by atoms with Crippen molar-refractivity contribution in [3.05, 3.63) is 29.7 Å². The molecular formula is C11H17NO4S. The van der Waals surface area contributed by atoms with Crippen LogP contribution in [0.5, 0.6) is 0 Å². The van der Waals surface area contributed by atoms with Crippen molar-refractivity contribution in [2.24, 2.45) is 0 Å².